The lowest BCUT2D eigenvalue weighted by atomic mass is 9.58. The van der Waals surface area contributed by atoms with Crippen molar-refractivity contribution in [1.82, 2.24) is 0 Å². The summed E-state index contributed by atoms with van der Waals surface area (Å²) in [4.78, 5) is 0. The maximum absolute atomic E-state index is 2.49. The minimum atomic E-state index is 0.954. The van der Waals surface area contributed by atoms with Crippen LogP contribution in [0.2, 0.25) is 0 Å². The van der Waals surface area contributed by atoms with Crippen molar-refractivity contribution in [3.8, 4) is 0 Å². The van der Waals surface area contributed by atoms with Crippen molar-refractivity contribution >= 4 is 0 Å². The molecule has 1 aliphatic carbocycles. The first kappa shape index (κ1) is 13.1. The second-order valence-electron chi connectivity index (χ2n) is 5.93. The second-order valence-corrected chi connectivity index (χ2v) is 5.93. The molecule has 1 fully saturated rings. The summed E-state index contributed by atoms with van der Waals surface area (Å²) in [6.45, 7) is 12.1. The lowest BCUT2D eigenvalue weighted by Gasteiger charge is -2.47. The van der Waals surface area contributed by atoms with E-state index in [1.807, 2.05) is 0 Å². The van der Waals surface area contributed by atoms with Crippen molar-refractivity contribution in [2.45, 2.75) is 66.7 Å². The first-order chi connectivity index (χ1) is 7.11. The fraction of sp³-hybridized carbons (Fsp3) is 1.00. The quantitative estimate of drug-likeness (QED) is 0.570. The molecule has 0 aromatic rings. The van der Waals surface area contributed by atoms with Crippen molar-refractivity contribution in [1.29, 1.82) is 0 Å². The summed E-state index contributed by atoms with van der Waals surface area (Å²) in [5.41, 5.74) is 0. The van der Waals surface area contributed by atoms with Gasteiger partial charge in [-0.3, -0.25) is 0 Å². The summed E-state index contributed by atoms with van der Waals surface area (Å²) >= 11 is 0. The van der Waals surface area contributed by atoms with Crippen LogP contribution >= 0.6 is 0 Å². The van der Waals surface area contributed by atoms with E-state index < -0.39 is 0 Å². The maximum Gasteiger partial charge on any atom is -0.0352 e. The Labute approximate surface area is 96.8 Å². The van der Waals surface area contributed by atoms with E-state index in [0.717, 1.165) is 29.6 Å². The molecule has 5 unspecified atom stereocenters. The molecule has 1 aliphatic rings. The van der Waals surface area contributed by atoms with Crippen molar-refractivity contribution in [2.24, 2.45) is 29.6 Å². The van der Waals surface area contributed by atoms with E-state index >= 15 is 0 Å². The Morgan fingerprint density at radius 2 is 1.87 bits per heavy atom. The van der Waals surface area contributed by atoms with Gasteiger partial charge in [0.05, 0.1) is 0 Å². The molecular weight excluding hydrogens is 180 g/mol. The van der Waals surface area contributed by atoms with Gasteiger partial charge < -0.3 is 0 Å². The Balaban J connectivity index is 2.41. The maximum atomic E-state index is 2.49. The van der Waals surface area contributed by atoms with E-state index in [2.05, 4.69) is 34.6 Å². The minimum Gasteiger partial charge on any atom is -0.0654 e. The molecule has 0 heterocycles. The highest BCUT2D eigenvalue weighted by Crippen LogP contribution is 2.48. The Kier molecular flexibility index (Phi) is 5.15. The van der Waals surface area contributed by atoms with Crippen LogP contribution in [0.3, 0.4) is 0 Å². The van der Waals surface area contributed by atoms with Gasteiger partial charge in [0.1, 0.15) is 0 Å². The van der Waals surface area contributed by atoms with Crippen LogP contribution in [0.5, 0.6) is 0 Å². The lowest BCUT2D eigenvalue weighted by molar-refractivity contribution is 0.0202. The normalized spacial score (nSPS) is 34.6. The van der Waals surface area contributed by atoms with Gasteiger partial charge in [-0.05, 0) is 36.0 Å². The van der Waals surface area contributed by atoms with Gasteiger partial charge in [-0.25, -0.2) is 0 Å². The first-order valence-electron chi connectivity index (χ1n) is 7.11. The fourth-order valence-electron chi connectivity index (χ4n) is 3.52. The third-order valence-corrected chi connectivity index (χ3v) is 4.98. The van der Waals surface area contributed by atoms with Crippen LogP contribution in [0.25, 0.3) is 0 Å². The lowest BCUT2D eigenvalue weighted by Crippen LogP contribution is -2.40. The van der Waals surface area contributed by atoms with E-state index in [0.29, 0.717) is 0 Å². The molecule has 0 saturated heterocycles. The van der Waals surface area contributed by atoms with Crippen molar-refractivity contribution in [2.75, 3.05) is 0 Å². The molecule has 0 aromatic carbocycles. The third-order valence-electron chi connectivity index (χ3n) is 4.98. The van der Waals surface area contributed by atoms with Crippen molar-refractivity contribution in [3.63, 3.8) is 0 Å². The third kappa shape index (κ3) is 2.98. The average molecular weight is 210 g/mol. The van der Waals surface area contributed by atoms with Crippen LogP contribution in [-0.4, -0.2) is 0 Å². The molecule has 0 bridgehead atoms. The minimum absolute atomic E-state index is 0.954. The highest BCUT2D eigenvalue weighted by atomic mass is 14.4. The molecule has 0 aromatic heterocycles. The summed E-state index contributed by atoms with van der Waals surface area (Å²) in [6.07, 6.45) is 7.13. The zero-order valence-corrected chi connectivity index (χ0v) is 11.4. The smallest absolute Gasteiger partial charge is 0.0352 e. The van der Waals surface area contributed by atoms with Gasteiger partial charge in [0, 0.05) is 0 Å². The standard InChI is InChI=1S/C15H30/c1-6-8-9-11(3)14(7-2)15-10-12(4)13(15)5/h11-15H,6-10H2,1-5H3. The summed E-state index contributed by atoms with van der Waals surface area (Å²) in [5, 5.41) is 0. The molecule has 0 nitrogen and oxygen atoms in total. The number of rotatable bonds is 6. The van der Waals surface area contributed by atoms with Gasteiger partial charge in [0.15, 0.2) is 0 Å². The molecule has 0 heteroatoms. The Hall–Kier alpha value is 0. The van der Waals surface area contributed by atoms with Crippen LogP contribution < -0.4 is 0 Å². The molecule has 90 valence electrons. The molecule has 0 N–H and O–H groups in total. The topological polar surface area (TPSA) is 0 Å². The molecule has 5 atom stereocenters. The summed E-state index contributed by atoms with van der Waals surface area (Å²) in [6, 6.07) is 0. The van der Waals surface area contributed by atoms with Crippen LogP contribution in [0.15, 0.2) is 0 Å². The predicted octanol–water partition coefficient (Wildman–Crippen LogP) is 5.13. The Morgan fingerprint density at radius 1 is 1.20 bits per heavy atom. The van der Waals surface area contributed by atoms with E-state index in [4.69, 9.17) is 0 Å². The van der Waals surface area contributed by atoms with Crippen molar-refractivity contribution < 1.29 is 0 Å². The molecule has 0 aliphatic heterocycles. The van der Waals surface area contributed by atoms with E-state index in [1.54, 1.807) is 0 Å². The summed E-state index contributed by atoms with van der Waals surface area (Å²) in [5.74, 6) is 4.97. The van der Waals surface area contributed by atoms with Crippen LogP contribution in [0.1, 0.15) is 66.7 Å². The van der Waals surface area contributed by atoms with Crippen LogP contribution in [0, 0.1) is 29.6 Å². The Morgan fingerprint density at radius 3 is 2.27 bits per heavy atom. The van der Waals surface area contributed by atoms with E-state index in [1.165, 1.54) is 32.1 Å². The highest BCUT2D eigenvalue weighted by molar-refractivity contribution is 4.89. The monoisotopic (exact) mass is 210 g/mol. The van der Waals surface area contributed by atoms with E-state index in [9.17, 15) is 0 Å². The zero-order chi connectivity index (χ0) is 11.4. The molecule has 0 radical (unpaired) electrons. The summed E-state index contributed by atoms with van der Waals surface area (Å²) in [7, 11) is 0. The van der Waals surface area contributed by atoms with Crippen molar-refractivity contribution in [3.05, 3.63) is 0 Å². The molecule has 0 amide bonds. The molecule has 1 saturated carbocycles. The van der Waals surface area contributed by atoms with Gasteiger partial charge in [0.2, 0.25) is 0 Å². The van der Waals surface area contributed by atoms with Gasteiger partial charge in [-0.15, -0.1) is 0 Å². The van der Waals surface area contributed by atoms with Crippen LogP contribution in [0.4, 0.5) is 0 Å². The second kappa shape index (κ2) is 5.92. The first-order valence-corrected chi connectivity index (χ1v) is 7.11. The summed E-state index contributed by atoms with van der Waals surface area (Å²) < 4.78 is 0. The van der Waals surface area contributed by atoms with Gasteiger partial charge in [-0.2, -0.15) is 0 Å². The average Bonchev–Trinajstić information content (AvgIpc) is 2.25. The van der Waals surface area contributed by atoms with E-state index in [-0.39, 0.29) is 0 Å². The Bertz CT molecular complexity index is 173. The number of hydrogen-bond donors (Lipinski definition) is 0. The van der Waals surface area contributed by atoms with Gasteiger partial charge >= 0.3 is 0 Å². The highest BCUT2D eigenvalue weighted by Gasteiger charge is 2.40. The number of hydrogen-bond acceptors (Lipinski definition) is 0. The molecule has 1 rings (SSSR count). The zero-order valence-electron chi connectivity index (χ0n) is 11.4. The number of unbranched alkanes of at least 4 members (excludes halogenated alkanes) is 1. The van der Waals surface area contributed by atoms with Gasteiger partial charge in [-0.1, -0.05) is 60.3 Å². The SMILES string of the molecule is CCCCC(C)C(CC)C1CC(C)C1C. The van der Waals surface area contributed by atoms with Crippen LogP contribution in [-0.2, 0) is 0 Å². The largest absolute Gasteiger partial charge is 0.0654 e. The fourth-order valence-corrected chi connectivity index (χ4v) is 3.52. The molecular formula is C15H30. The predicted molar refractivity (Wildman–Crippen MR) is 68.9 cm³/mol. The molecule has 0 spiro atoms. The van der Waals surface area contributed by atoms with Gasteiger partial charge in [0.25, 0.3) is 0 Å². The molecule has 15 heavy (non-hydrogen) atoms.